The summed E-state index contributed by atoms with van der Waals surface area (Å²) in [7, 11) is 0. The van der Waals surface area contributed by atoms with Crippen molar-refractivity contribution in [3.05, 3.63) is 28.2 Å². The molecule has 1 aromatic rings. The Morgan fingerprint density at radius 1 is 1.50 bits per heavy atom. The van der Waals surface area contributed by atoms with E-state index in [-0.39, 0.29) is 6.10 Å². The largest absolute Gasteiger partial charge is 0.492 e. The average Bonchev–Trinajstić information content (AvgIpc) is 3.12. The van der Waals surface area contributed by atoms with E-state index < -0.39 is 0 Å². The number of hydrogen-bond donors (Lipinski definition) is 2. The zero-order valence-electron chi connectivity index (χ0n) is 10.7. The molecule has 1 aliphatic rings. The normalized spacial score (nSPS) is 16.6. The molecular formula is C14H20BrNO2. The van der Waals surface area contributed by atoms with E-state index in [1.165, 1.54) is 18.4 Å². The lowest BCUT2D eigenvalue weighted by Crippen LogP contribution is -2.15. The molecule has 0 aliphatic heterocycles. The first-order valence-electron chi connectivity index (χ1n) is 6.48. The van der Waals surface area contributed by atoms with Crippen molar-refractivity contribution in [3.63, 3.8) is 0 Å². The topological polar surface area (TPSA) is 41.5 Å². The van der Waals surface area contributed by atoms with Crippen LogP contribution in [-0.4, -0.2) is 23.9 Å². The van der Waals surface area contributed by atoms with Crippen molar-refractivity contribution < 1.29 is 9.84 Å². The summed E-state index contributed by atoms with van der Waals surface area (Å²) in [4.78, 5) is 0. The summed E-state index contributed by atoms with van der Waals surface area (Å²) in [6.45, 7) is 3.22. The molecular weight excluding hydrogens is 294 g/mol. The van der Waals surface area contributed by atoms with Gasteiger partial charge in [-0.1, -0.05) is 6.07 Å². The van der Waals surface area contributed by atoms with E-state index in [1.54, 1.807) is 6.92 Å². The second-order valence-corrected chi connectivity index (χ2v) is 5.76. The Balaban J connectivity index is 1.83. The second-order valence-electron chi connectivity index (χ2n) is 4.91. The van der Waals surface area contributed by atoms with Crippen molar-refractivity contribution in [2.75, 3.05) is 6.61 Å². The summed E-state index contributed by atoms with van der Waals surface area (Å²) >= 11 is 3.52. The SMILES string of the molecule is CC(O)CCOc1ccc(CNC2CC2)cc1Br. The van der Waals surface area contributed by atoms with Gasteiger partial charge in [0.2, 0.25) is 0 Å². The Hall–Kier alpha value is -0.580. The molecule has 100 valence electrons. The molecule has 1 aromatic carbocycles. The monoisotopic (exact) mass is 313 g/mol. The fourth-order valence-electron chi connectivity index (χ4n) is 1.66. The van der Waals surface area contributed by atoms with Gasteiger partial charge < -0.3 is 15.2 Å². The highest BCUT2D eigenvalue weighted by molar-refractivity contribution is 9.10. The Morgan fingerprint density at radius 2 is 2.28 bits per heavy atom. The third-order valence-electron chi connectivity index (χ3n) is 2.96. The molecule has 0 amide bonds. The maximum atomic E-state index is 9.17. The maximum Gasteiger partial charge on any atom is 0.133 e. The standard InChI is InChI=1S/C14H20BrNO2/c1-10(17)6-7-18-14-5-2-11(8-13(14)15)9-16-12-3-4-12/h2,5,8,10,12,16-17H,3-4,6-7,9H2,1H3. The first-order chi connectivity index (χ1) is 8.65. The van der Waals surface area contributed by atoms with Gasteiger partial charge in [0, 0.05) is 19.0 Å². The summed E-state index contributed by atoms with van der Waals surface area (Å²) in [6, 6.07) is 6.88. The summed E-state index contributed by atoms with van der Waals surface area (Å²) in [5, 5.41) is 12.7. The molecule has 1 unspecified atom stereocenters. The molecule has 2 rings (SSSR count). The second kappa shape index (κ2) is 6.55. The van der Waals surface area contributed by atoms with Crippen molar-refractivity contribution in [2.24, 2.45) is 0 Å². The van der Waals surface area contributed by atoms with Crippen molar-refractivity contribution >= 4 is 15.9 Å². The summed E-state index contributed by atoms with van der Waals surface area (Å²) < 4.78 is 6.59. The molecule has 1 aliphatic carbocycles. The van der Waals surface area contributed by atoms with Crippen LogP contribution < -0.4 is 10.1 Å². The van der Waals surface area contributed by atoms with Crippen LogP contribution in [-0.2, 0) is 6.54 Å². The summed E-state index contributed by atoms with van der Waals surface area (Å²) in [6.07, 6.45) is 2.95. The van der Waals surface area contributed by atoms with Gasteiger partial charge in [-0.05, 0) is 53.4 Å². The molecule has 0 bridgehead atoms. The summed E-state index contributed by atoms with van der Waals surface area (Å²) in [5.41, 5.74) is 1.26. The minimum atomic E-state index is -0.314. The fourth-order valence-corrected chi connectivity index (χ4v) is 2.20. The molecule has 2 N–H and O–H groups in total. The smallest absolute Gasteiger partial charge is 0.133 e. The van der Waals surface area contributed by atoms with E-state index in [4.69, 9.17) is 4.74 Å². The van der Waals surface area contributed by atoms with Gasteiger partial charge in [0.15, 0.2) is 0 Å². The van der Waals surface area contributed by atoms with Gasteiger partial charge in [-0.25, -0.2) is 0 Å². The quantitative estimate of drug-likeness (QED) is 0.813. The van der Waals surface area contributed by atoms with E-state index in [1.807, 2.05) is 6.07 Å². The molecule has 18 heavy (non-hydrogen) atoms. The van der Waals surface area contributed by atoms with Crippen molar-refractivity contribution in [3.8, 4) is 5.75 Å². The highest BCUT2D eigenvalue weighted by Gasteiger charge is 2.19. The minimum Gasteiger partial charge on any atom is -0.492 e. The number of halogens is 1. The van der Waals surface area contributed by atoms with Crippen molar-refractivity contribution in [1.82, 2.24) is 5.32 Å². The van der Waals surface area contributed by atoms with Crippen LogP contribution in [0.3, 0.4) is 0 Å². The van der Waals surface area contributed by atoms with Crippen LogP contribution in [0.15, 0.2) is 22.7 Å². The number of ether oxygens (including phenoxy) is 1. The van der Waals surface area contributed by atoms with Crippen LogP contribution >= 0.6 is 15.9 Å². The Labute approximate surface area is 117 Å². The van der Waals surface area contributed by atoms with E-state index in [2.05, 4.69) is 33.4 Å². The Morgan fingerprint density at radius 3 is 2.89 bits per heavy atom. The van der Waals surface area contributed by atoms with Gasteiger partial charge in [0.25, 0.3) is 0 Å². The zero-order valence-corrected chi connectivity index (χ0v) is 12.2. The average molecular weight is 314 g/mol. The number of aliphatic hydroxyl groups excluding tert-OH is 1. The van der Waals surface area contributed by atoms with Crippen LogP contribution in [0.4, 0.5) is 0 Å². The Kier molecular flexibility index (Phi) is 5.03. The van der Waals surface area contributed by atoms with E-state index in [0.29, 0.717) is 13.0 Å². The number of rotatable bonds is 7. The first kappa shape index (κ1) is 13.8. The van der Waals surface area contributed by atoms with Gasteiger partial charge in [0.1, 0.15) is 5.75 Å². The van der Waals surface area contributed by atoms with E-state index in [0.717, 1.165) is 22.8 Å². The lowest BCUT2D eigenvalue weighted by Gasteiger charge is -2.11. The number of aliphatic hydroxyl groups is 1. The van der Waals surface area contributed by atoms with Gasteiger partial charge in [-0.2, -0.15) is 0 Å². The number of nitrogens with one attached hydrogen (secondary N) is 1. The van der Waals surface area contributed by atoms with Crippen LogP contribution in [0.25, 0.3) is 0 Å². The molecule has 1 atom stereocenters. The van der Waals surface area contributed by atoms with Gasteiger partial charge in [0.05, 0.1) is 17.2 Å². The highest BCUT2D eigenvalue weighted by Crippen LogP contribution is 2.27. The maximum absolute atomic E-state index is 9.17. The van der Waals surface area contributed by atoms with Gasteiger partial charge >= 0.3 is 0 Å². The molecule has 1 saturated carbocycles. The number of hydrogen-bond acceptors (Lipinski definition) is 3. The first-order valence-corrected chi connectivity index (χ1v) is 7.27. The van der Waals surface area contributed by atoms with Crippen LogP contribution in [0.1, 0.15) is 31.7 Å². The van der Waals surface area contributed by atoms with E-state index >= 15 is 0 Å². The third kappa shape index (κ3) is 4.59. The fraction of sp³-hybridized carbons (Fsp3) is 0.571. The van der Waals surface area contributed by atoms with Crippen molar-refractivity contribution in [2.45, 2.75) is 44.9 Å². The summed E-state index contributed by atoms with van der Waals surface area (Å²) in [5.74, 6) is 0.839. The minimum absolute atomic E-state index is 0.314. The molecule has 0 aromatic heterocycles. The Bertz CT molecular complexity index is 391. The molecule has 0 saturated heterocycles. The number of benzene rings is 1. The highest BCUT2D eigenvalue weighted by atomic mass is 79.9. The van der Waals surface area contributed by atoms with E-state index in [9.17, 15) is 5.11 Å². The van der Waals surface area contributed by atoms with Crippen LogP contribution in [0, 0.1) is 0 Å². The third-order valence-corrected chi connectivity index (χ3v) is 3.58. The molecule has 1 fully saturated rings. The zero-order chi connectivity index (χ0) is 13.0. The molecule has 0 heterocycles. The molecule has 4 heteroatoms. The lowest BCUT2D eigenvalue weighted by atomic mass is 10.2. The predicted octanol–water partition coefficient (Wildman–Crippen LogP) is 2.85. The van der Waals surface area contributed by atoms with Gasteiger partial charge in [-0.3, -0.25) is 0 Å². The predicted molar refractivity (Wildman–Crippen MR) is 75.8 cm³/mol. The lowest BCUT2D eigenvalue weighted by molar-refractivity contribution is 0.155. The van der Waals surface area contributed by atoms with Crippen LogP contribution in [0.2, 0.25) is 0 Å². The molecule has 0 radical (unpaired) electrons. The molecule has 3 nitrogen and oxygen atoms in total. The van der Waals surface area contributed by atoms with Crippen molar-refractivity contribution in [1.29, 1.82) is 0 Å². The van der Waals surface area contributed by atoms with Gasteiger partial charge in [-0.15, -0.1) is 0 Å². The molecule has 0 spiro atoms. The van der Waals surface area contributed by atoms with Crippen LogP contribution in [0.5, 0.6) is 5.75 Å².